The summed E-state index contributed by atoms with van der Waals surface area (Å²) in [7, 11) is 5.08. The van der Waals surface area contributed by atoms with Gasteiger partial charge in [0.25, 0.3) is 0 Å². The summed E-state index contributed by atoms with van der Waals surface area (Å²) in [6.07, 6.45) is 0.914. The van der Waals surface area contributed by atoms with Crippen LogP contribution in [0, 0.1) is 5.41 Å². The molecule has 0 spiro atoms. The van der Waals surface area contributed by atoms with Gasteiger partial charge in [0.05, 0.1) is 14.2 Å². The van der Waals surface area contributed by atoms with Crippen molar-refractivity contribution in [3.63, 3.8) is 0 Å². The van der Waals surface area contributed by atoms with E-state index in [0.29, 0.717) is 13.1 Å². The summed E-state index contributed by atoms with van der Waals surface area (Å²) in [5.41, 5.74) is 2.11. The van der Waals surface area contributed by atoms with Crippen LogP contribution in [-0.4, -0.2) is 57.7 Å². The van der Waals surface area contributed by atoms with Crippen LogP contribution < -0.4 is 20.1 Å². The summed E-state index contributed by atoms with van der Waals surface area (Å²) in [5, 5.41) is 6.28. The second kappa shape index (κ2) is 8.97. The van der Waals surface area contributed by atoms with Gasteiger partial charge in [-0.1, -0.05) is 20.8 Å². The van der Waals surface area contributed by atoms with Gasteiger partial charge < -0.3 is 25.0 Å². The van der Waals surface area contributed by atoms with Crippen molar-refractivity contribution in [2.24, 2.45) is 10.4 Å². The average molecular weight is 377 g/mol. The van der Waals surface area contributed by atoms with Gasteiger partial charge in [-0.15, -0.1) is 0 Å². The lowest BCUT2D eigenvalue weighted by molar-refractivity contribution is -0.128. The maximum absolute atomic E-state index is 11.9. The zero-order chi connectivity index (χ0) is 20.0. The Kier molecular flexibility index (Phi) is 6.93. The minimum atomic E-state index is -0.377. The third kappa shape index (κ3) is 5.28. The molecule has 1 aliphatic heterocycles. The fraction of sp³-hybridized carbons (Fsp3) is 0.600. The highest BCUT2D eigenvalue weighted by atomic mass is 16.5. The average Bonchev–Trinajstić information content (AvgIpc) is 2.65. The van der Waals surface area contributed by atoms with E-state index in [0.717, 1.165) is 37.0 Å². The van der Waals surface area contributed by atoms with Crippen LogP contribution in [-0.2, 0) is 17.8 Å². The van der Waals surface area contributed by atoms with Crippen molar-refractivity contribution in [1.82, 2.24) is 15.5 Å². The van der Waals surface area contributed by atoms with Crippen molar-refractivity contribution in [3.05, 3.63) is 23.3 Å². The molecule has 1 amide bonds. The number of carbonyl (C=O) groups is 1. The predicted octanol–water partition coefficient (Wildman–Crippen LogP) is 1.80. The number of hydrogen-bond acceptors (Lipinski definition) is 4. The maximum atomic E-state index is 11.9. The van der Waals surface area contributed by atoms with Crippen molar-refractivity contribution in [1.29, 1.82) is 0 Å². The Morgan fingerprint density at radius 1 is 1.11 bits per heavy atom. The molecule has 0 bridgehead atoms. The van der Waals surface area contributed by atoms with Crippen molar-refractivity contribution in [3.8, 4) is 11.5 Å². The van der Waals surface area contributed by atoms with Gasteiger partial charge in [-0.2, -0.15) is 0 Å². The van der Waals surface area contributed by atoms with E-state index in [1.807, 2.05) is 26.8 Å². The summed E-state index contributed by atoms with van der Waals surface area (Å²) in [6, 6.07) is 4.10. The maximum Gasteiger partial charge on any atom is 0.225 e. The second-order valence-corrected chi connectivity index (χ2v) is 7.63. The molecular formula is C20H32N4O3. The zero-order valence-electron chi connectivity index (χ0n) is 17.3. The number of ether oxygens (including phenoxy) is 2. The molecule has 0 saturated heterocycles. The number of fused-ring (bicyclic) bond motifs is 1. The lowest BCUT2D eigenvalue weighted by atomic mass is 9.96. The summed E-state index contributed by atoms with van der Waals surface area (Å²) >= 11 is 0. The van der Waals surface area contributed by atoms with Gasteiger partial charge in [-0.3, -0.25) is 9.79 Å². The first-order chi connectivity index (χ1) is 12.8. The standard InChI is InChI=1S/C20H32N4O3/c1-20(2,3)18(25)22-8-9-23-19(21-4)24-10-7-14-11-16(26-5)17(27-6)12-15(14)13-24/h11-12H,7-10,13H2,1-6H3,(H,21,23)(H,22,25). The van der Waals surface area contributed by atoms with E-state index in [1.165, 1.54) is 11.1 Å². The summed E-state index contributed by atoms with van der Waals surface area (Å²) < 4.78 is 10.8. The van der Waals surface area contributed by atoms with Gasteiger partial charge in [-0.25, -0.2) is 0 Å². The number of carbonyl (C=O) groups excluding carboxylic acids is 1. The topological polar surface area (TPSA) is 75.2 Å². The molecule has 1 aromatic rings. The number of methoxy groups -OCH3 is 2. The third-order valence-corrected chi connectivity index (χ3v) is 4.60. The summed E-state index contributed by atoms with van der Waals surface area (Å²) in [6.45, 7) is 8.53. The van der Waals surface area contributed by atoms with Gasteiger partial charge in [0.2, 0.25) is 5.91 Å². The van der Waals surface area contributed by atoms with Gasteiger partial charge in [-0.05, 0) is 29.7 Å². The van der Waals surface area contributed by atoms with Crippen LogP contribution in [0.5, 0.6) is 11.5 Å². The normalized spacial score (nSPS) is 14.4. The van der Waals surface area contributed by atoms with Crippen molar-refractivity contribution in [2.45, 2.75) is 33.7 Å². The molecule has 7 nitrogen and oxygen atoms in total. The lowest BCUT2D eigenvalue weighted by Gasteiger charge is -2.32. The first kappa shape index (κ1) is 20.9. The smallest absolute Gasteiger partial charge is 0.225 e. The highest BCUT2D eigenvalue weighted by Crippen LogP contribution is 2.33. The molecule has 0 saturated carbocycles. The first-order valence-corrected chi connectivity index (χ1v) is 9.27. The Balaban J connectivity index is 1.95. The highest BCUT2D eigenvalue weighted by Gasteiger charge is 2.22. The second-order valence-electron chi connectivity index (χ2n) is 7.63. The Bertz CT molecular complexity index is 695. The van der Waals surface area contributed by atoms with E-state index in [2.05, 4.69) is 26.6 Å². The molecule has 0 atom stereocenters. The quantitative estimate of drug-likeness (QED) is 0.466. The molecule has 2 N–H and O–H groups in total. The molecule has 7 heteroatoms. The molecule has 0 unspecified atom stereocenters. The SMILES string of the molecule is CN=C(NCCNC(=O)C(C)(C)C)N1CCc2cc(OC)c(OC)cc2C1. The zero-order valence-corrected chi connectivity index (χ0v) is 17.3. The monoisotopic (exact) mass is 376 g/mol. The largest absolute Gasteiger partial charge is 0.493 e. The number of nitrogens with one attached hydrogen (secondary N) is 2. The number of amides is 1. The molecule has 1 aromatic carbocycles. The van der Waals surface area contributed by atoms with Crippen LogP contribution in [0.1, 0.15) is 31.9 Å². The predicted molar refractivity (Wildman–Crippen MR) is 107 cm³/mol. The Morgan fingerprint density at radius 2 is 1.70 bits per heavy atom. The van der Waals surface area contributed by atoms with Crippen LogP contribution in [0.3, 0.4) is 0 Å². The van der Waals surface area contributed by atoms with E-state index in [1.54, 1.807) is 21.3 Å². The minimum absolute atomic E-state index is 0.0484. The van der Waals surface area contributed by atoms with E-state index < -0.39 is 0 Å². The van der Waals surface area contributed by atoms with Crippen molar-refractivity contribution in [2.75, 3.05) is 40.9 Å². The molecule has 0 aromatic heterocycles. The van der Waals surface area contributed by atoms with Gasteiger partial charge in [0.1, 0.15) is 0 Å². The fourth-order valence-electron chi connectivity index (χ4n) is 3.01. The number of benzene rings is 1. The first-order valence-electron chi connectivity index (χ1n) is 9.27. The third-order valence-electron chi connectivity index (χ3n) is 4.60. The summed E-state index contributed by atoms with van der Waals surface area (Å²) in [4.78, 5) is 18.5. The van der Waals surface area contributed by atoms with Gasteiger partial charge >= 0.3 is 0 Å². The summed E-state index contributed by atoms with van der Waals surface area (Å²) in [5.74, 6) is 2.39. The van der Waals surface area contributed by atoms with Crippen molar-refractivity contribution < 1.29 is 14.3 Å². The van der Waals surface area contributed by atoms with Crippen LogP contribution >= 0.6 is 0 Å². The Morgan fingerprint density at radius 3 is 2.26 bits per heavy atom. The fourth-order valence-corrected chi connectivity index (χ4v) is 3.01. The van der Waals surface area contributed by atoms with Crippen molar-refractivity contribution >= 4 is 11.9 Å². The number of guanidine groups is 1. The number of nitrogens with zero attached hydrogens (tertiary/aromatic N) is 2. The molecule has 150 valence electrons. The molecule has 27 heavy (non-hydrogen) atoms. The van der Waals surface area contributed by atoms with E-state index in [4.69, 9.17) is 9.47 Å². The number of aliphatic imine (C=N–C) groups is 1. The van der Waals surface area contributed by atoms with Crippen LogP contribution in [0.15, 0.2) is 17.1 Å². The van der Waals surface area contributed by atoms with Crippen LogP contribution in [0.25, 0.3) is 0 Å². The number of rotatable bonds is 5. The molecule has 0 aliphatic carbocycles. The molecule has 0 radical (unpaired) electrons. The number of hydrogen-bond donors (Lipinski definition) is 2. The molecule has 2 rings (SSSR count). The van der Waals surface area contributed by atoms with Crippen LogP contribution in [0.2, 0.25) is 0 Å². The molecule has 0 fully saturated rings. The van der Waals surface area contributed by atoms with E-state index in [9.17, 15) is 4.79 Å². The Hall–Kier alpha value is -2.44. The highest BCUT2D eigenvalue weighted by molar-refractivity contribution is 5.82. The van der Waals surface area contributed by atoms with Crippen LogP contribution in [0.4, 0.5) is 0 Å². The molecule has 1 aliphatic rings. The van der Waals surface area contributed by atoms with Gasteiger partial charge in [0.15, 0.2) is 17.5 Å². The van der Waals surface area contributed by atoms with E-state index >= 15 is 0 Å². The Labute approximate surface area is 162 Å². The lowest BCUT2D eigenvalue weighted by Crippen LogP contribution is -2.46. The minimum Gasteiger partial charge on any atom is -0.493 e. The van der Waals surface area contributed by atoms with Gasteiger partial charge in [0, 0.05) is 38.6 Å². The molecular weight excluding hydrogens is 344 g/mol. The van der Waals surface area contributed by atoms with E-state index in [-0.39, 0.29) is 11.3 Å². The molecule has 1 heterocycles.